The highest BCUT2D eigenvalue weighted by molar-refractivity contribution is 7.98. The van der Waals surface area contributed by atoms with E-state index in [-0.39, 0.29) is 11.9 Å². The molecule has 2 aromatic rings. The summed E-state index contributed by atoms with van der Waals surface area (Å²) in [5, 5.41) is 7.45. The molecular weight excluding hydrogens is 312 g/mol. The Kier molecular flexibility index (Phi) is 4.47. The number of carbonyl (C=O) groups is 1. The molecule has 1 aliphatic rings. The molecule has 1 saturated heterocycles. The van der Waals surface area contributed by atoms with Crippen molar-refractivity contribution < 1.29 is 9.53 Å². The Bertz CT molecular complexity index is 716. The van der Waals surface area contributed by atoms with Gasteiger partial charge in [-0.05, 0) is 30.9 Å². The van der Waals surface area contributed by atoms with Crippen LogP contribution in [0.4, 0.5) is 11.4 Å². The second kappa shape index (κ2) is 6.54. The minimum atomic E-state index is -0.246. The Morgan fingerprint density at radius 2 is 2.26 bits per heavy atom. The van der Waals surface area contributed by atoms with Gasteiger partial charge in [0.2, 0.25) is 5.91 Å². The van der Waals surface area contributed by atoms with E-state index in [1.165, 1.54) is 0 Å². The second-order valence-corrected chi connectivity index (χ2v) is 6.29. The van der Waals surface area contributed by atoms with Crippen molar-refractivity contribution in [2.75, 3.05) is 30.1 Å². The topological polar surface area (TPSA) is 59.4 Å². The van der Waals surface area contributed by atoms with Gasteiger partial charge in [-0.1, -0.05) is 0 Å². The van der Waals surface area contributed by atoms with Crippen LogP contribution in [0.2, 0.25) is 0 Å². The lowest BCUT2D eigenvalue weighted by Gasteiger charge is -2.17. The Balaban J connectivity index is 1.75. The van der Waals surface area contributed by atoms with Crippen LogP contribution in [-0.4, -0.2) is 41.6 Å². The molecule has 3 rings (SSSR count). The van der Waals surface area contributed by atoms with Crippen LogP contribution in [0.1, 0.15) is 6.42 Å². The van der Waals surface area contributed by atoms with Crippen molar-refractivity contribution in [3.05, 3.63) is 30.6 Å². The van der Waals surface area contributed by atoms with Crippen LogP contribution >= 0.6 is 11.8 Å². The van der Waals surface area contributed by atoms with Crippen LogP contribution < -0.4 is 15.0 Å². The molecule has 0 unspecified atom stereocenters. The number of ether oxygens (including phenoxy) is 1. The molecular formula is C16H20N4O2S. The number of carbonyl (C=O) groups excluding carboxylic acids is 1. The van der Waals surface area contributed by atoms with Crippen molar-refractivity contribution >= 4 is 29.0 Å². The average Bonchev–Trinajstić information content (AvgIpc) is 3.14. The predicted molar refractivity (Wildman–Crippen MR) is 92.4 cm³/mol. The van der Waals surface area contributed by atoms with E-state index < -0.39 is 0 Å². The van der Waals surface area contributed by atoms with E-state index in [1.807, 2.05) is 37.7 Å². The van der Waals surface area contributed by atoms with Gasteiger partial charge < -0.3 is 15.0 Å². The lowest BCUT2D eigenvalue weighted by molar-refractivity contribution is -0.117. The fraction of sp³-hybridized carbons (Fsp3) is 0.375. The molecule has 0 saturated carbocycles. The van der Waals surface area contributed by atoms with Gasteiger partial charge in [0.1, 0.15) is 11.8 Å². The number of methoxy groups -OCH3 is 1. The molecule has 6 nitrogen and oxygen atoms in total. The molecule has 1 aliphatic heterocycles. The zero-order valence-corrected chi connectivity index (χ0v) is 14.3. The summed E-state index contributed by atoms with van der Waals surface area (Å²) >= 11 is 1.66. The number of amides is 1. The summed E-state index contributed by atoms with van der Waals surface area (Å²) in [6, 6.07) is 5.72. The first-order valence-electron chi connectivity index (χ1n) is 7.41. The first-order chi connectivity index (χ1) is 11.1. The van der Waals surface area contributed by atoms with Crippen molar-refractivity contribution in [1.29, 1.82) is 0 Å². The lowest BCUT2D eigenvalue weighted by Crippen LogP contribution is -2.33. The number of aromatic nitrogens is 2. The number of rotatable bonds is 5. The highest BCUT2D eigenvalue weighted by Gasteiger charge is 2.33. The molecule has 1 atom stereocenters. The van der Waals surface area contributed by atoms with Crippen LogP contribution in [-0.2, 0) is 11.8 Å². The summed E-state index contributed by atoms with van der Waals surface area (Å²) in [6.45, 7) is 0.688. The van der Waals surface area contributed by atoms with Crippen molar-refractivity contribution in [2.45, 2.75) is 17.4 Å². The van der Waals surface area contributed by atoms with Crippen molar-refractivity contribution in [3.63, 3.8) is 0 Å². The van der Waals surface area contributed by atoms with Gasteiger partial charge in [-0.2, -0.15) is 5.10 Å². The highest BCUT2D eigenvalue weighted by Crippen LogP contribution is 2.31. The van der Waals surface area contributed by atoms with Crippen LogP contribution in [0.15, 0.2) is 35.5 Å². The Morgan fingerprint density at radius 3 is 2.91 bits per heavy atom. The summed E-state index contributed by atoms with van der Waals surface area (Å²) in [5.41, 5.74) is 1.68. The van der Waals surface area contributed by atoms with E-state index in [9.17, 15) is 4.79 Å². The fourth-order valence-electron chi connectivity index (χ4n) is 2.72. The van der Waals surface area contributed by atoms with Gasteiger partial charge in [0.15, 0.2) is 0 Å². The van der Waals surface area contributed by atoms with Crippen LogP contribution in [0, 0.1) is 0 Å². The number of nitrogens with zero attached hydrogens (tertiary/aromatic N) is 3. The van der Waals surface area contributed by atoms with Gasteiger partial charge in [0.05, 0.1) is 24.7 Å². The van der Waals surface area contributed by atoms with Gasteiger partial charge in [0.25, 0.3) is 0 Å². The molecule has 1 fully saturated rings. The maximum atomic E-state index is 12.6. The zero-order chi connectivity index (χ0) is 16.4. The fourth-order valence-corrected chi connectivity index (χ4v) is 3.15. The summed E-state index contributed by atoms with van der Waals surface area (Å²) in [6.07, 6.45) is 6.34. The maximum Gasteiger partial charge on any atom is 0.249 e. The van der Waals surface area contributed by atoms with Crippen LogP contribution in [0.25, 0.3) is 0 Å². The normalized spacial score (nSPS) is 17.6. The lowest BCUT2D eigenvalue weighted by atomic mass is 10.2. The molecule has 0 radical (unpaired) electrons. The summed E-state index contributed by atoms with van der Waals surface area (Å²) < 4.78 is 7.14. The van der Waals surface area contributed by atoms with Gasteiger partial charge >= 0.3 is 0 Å². The SMILES string of the molecule is COc1cc(SC)ccc1N[C@H]1CCN(c2cnn(C)c2)C1=O. The maximum absolute atomic E-state index is 12.6. The Morgan fingerprint density at radius 1 is 1.43 bits per heavy atom. The molecule has 0 spiro atoms. The number of hydrogen-bond acceptors (Lipinski definition) is 5. The van der Waals surface area contributed by atoms with Crippen molar-refractivity contribution in [2.24, 2.45) is 7.05 Å². The van der Waals surface area contributed by atoms with E-state index in [0.29, 0.717) is 6.54 Å². The number of thioether (sulfide) groups is 1. The first kappa shape index (κ1) is 15.7. The van der Waals surface area contributed by atoms with Gasteiger partial charge in [-0.25, -0.2) is 0 Å². The van der Waals surface area contributed by atoms with Crippen molar-refractivity contribution in [3.8, 4) is 5.75 Å². The number of benzene rings is 1. The smallest absolute Gasteiger partial charge is 0.249 e. The Hall–Kier alpha value is -2.15. The minimum Gasteiger partial charge on any atom is -0.495 e. The molecule has 1 aromatic carbocycles. The molecule has 2 heterocycles. The van der Waals surface area contributed by atoms with Crippen LogP contribution in [0.5, 0.6) is 5.75 Å². The van der Waals surface area contributed by atoms with E-state index in [0.717, 1.165) is 28.4 Å². The molecule has 0 bridgehead atoms. The second-order valence-electron chi connectivity index (χ2n) is 5.41. The van der Waals surface area contributed by atoms with E-state index in [2.05, 4.69) is 10.4 Å². The number of aryl methyl sites for hydroxylation is 1. The third kappa shape index (κ3) is 3.14. The molecule has 23 heavy (non-hydrogen) atoms. The number of nitrogens with one attached hydrogen (secondary N) is 1. The molecule has 0 aliphatic carbocycles. The average molecular weight is 332 g/mol. The van der Waals surface area contributed by atoms with E-state index in [4.69, 9.17) is 4.74 Å². The summed E-state index contributed by atoms with van der Waals surface area (Å²) in [4.78, 5) is 15.5. The quantitative estimate of drug-likeness (QED) is 0.852. The summed E-state index contributed by atoms with van der Waals surface area (Å²) in [7, 11) is 3.49. The highest BCUT2D eigenvalue weighted by atomic mass is 32.2. The third-order valence-corrected chi connectivity index (χ3v) is 4.67. The minimum absolute atomic E-state index is 0.0639. The third-order valence-electron chi connectivity index (χ3n) is 3.95. The Labute approximate surface area is 139 Å². The number of hydrogen-bond donors (Lipinski definition) is 1. The van der Waals surface area contributed by atoms with E-state index >= 15 is 0 Å². The van der Waals surface area contributed by atoms with Gasteiger partial charge in [0, 0.05) is 24.7 Å². The van der Waals surface area contributed by atoms with Crippen LogP contribution in [0.3, 0.4) is 0 Å². The molecule has 7 heteroatoms. The largest absolute Gasteiger partial charge is 0.495 e. The molecule has 122 valence electrons. The predicted octanol–water partition coefficient (Wildman–Crippen LogP) is 2.37. The monoisotopic (exact) mass is 332 g/mol. The summed E-state index contributed by atoms with van der Waals surface area (Å²) in [5.74, 6) is 0.818. The molecule has 1 N–H and O–H groups in total. The molecule has 1 aromatic heterocycles. The zero-order valence-electron chi connectivity index (χ0n) is 13.4. The number of anilines is 2. The van der Waals surface area contributed by atoms with Gasteiger partial charge in [-0.3, -0.25) is 9.48 Å². The molecule has 1 amide bonds. The van der Waals surface area contributed by atoms with Crippen molar-refractivity contribution in [1.82, 2.24) is 9.78 Å². The standard InChI is InChI=1S/C16H20N4O2S/c1-19-10-11(9-17-19)20-7-6-14(16(20)21)18-13-5-4-12(23-3)8-15(13)22-2/h4-5,8-10,14,18H,6-7H2,1-3H3/t14-/m0/s1. The van der Waals surface area contributed by atoms with E-state index in [1.54, 1.807) is 34.7 Å². The van der Waals surface area contributed by atoms with Gasteiger partial charge in [-0.15, -0.1) is 11.8 Å². The first-order valence-corrected chi connectivity index (χ1v) is 8.63.